The molecule has 1 aromatic carbocycles. The van der Waals surface area contributed by atoms with Crippen LogP contribution in [-0.4, -0.2) is 90.3 Å². The van der Waals surface area contributed by atoms with Gasteiger partial charge in [-0.05, 0) is 55.6 Å². The average Bonchev–Trinajstić information content (AvgIpc) is 3.38. The Morgan fingerprint density at radius 2 is 1.92 bits per heavy atom. The van der Waals surface area contributed by atoms with Gasteiger partial charge in [0.25, 0.3) is 0 Å². The zero-order chi connectivity index (χ0) is 25.9. The Morgan fingerprint density at radius 3 is 2.70 bits per heavy atom. The number of fused-ring (bicyclic) bond motifs is 2. The van der Waals surface area contributed by atoms with Gasteiger partial charge in [0.15, 0.2) is 16.6 Å². The molecule has 1 saturated carbocycles. The summed E-state index contributed by atoms with van der Waals surface area (Å²) in [6.45, 7) is 4.51. The third-order valence-corrected chi connectivity index (χ3v) is 8.20. The molecule has 1 aliphatic carbocycles. The fourth-order valence-electron chi connectivity index (χ4n) is 5.75. The number of carbonyl (C=O) groups excluding carboxylic acids is 3. The van der Waals surface area contributed by atoms with Crippen LogP contribution in [0.25, 0.3) is 0 Å². The van der Waals surface area contributed by atoms with Crippen molar-refractivity contribution < 1.29 is 28.6 Å². The first-order chi connectivity index (χ1) is 17.9. The number of piperazine rings is 1. The zero-order valence-electron chi connectivity index (χ0n) is 21.1. The van der Waals surface area contributed by atoms with E-state index in [1.54, 1.807) is 4.90 Å². The van der Waals surface area contributed by atoms with Gasteiger partial charge in [-0.15, -0.1) is 0 Å². The molecule has 4 aliphatic rings. The number of nitrogens with one attached hydrogen (secondary N) is 1. The predicted octanol–water partition coefficient (Wildman–Crippen LogP) is 1.51. The van der Waals surface area contributed by atoms with Gasteiger partial charge in [-0.1, -0.05) is 6.07 Å². The Morgan fingerprint density at radius 1 is 1.14 bits per heavy atom. The molecule has 2 amide bonds. The summed E-state index contributed by atoms with van der Waals surface area (Å²) < 4.78 is 15.7. The molecule has 3 heterocycles. The highest BCUT2D eigenvalue weighted by Crippen LogP contribution is 2.34. The normalized spacial score (nSPS) is 25.5. The standard InChI is InChI=1S/C26H34N4O6S/c1-34-25(33)18-5-6-19-20(14-18)27-26(37)30(24(19)32)8-2-3-23(31)29-11-9-28(10-12-29)15-17-4-7-21-22(13-17)36-16-35-21/h4,7,13,18-20H,2-3,5-6,8-12,14-16H2,1H3,(H,27,37). The van der Waals surface area contributed by atoms with E-state index in [9.17, 15) is 14.4 Å². The minimum Gasteiger partial charge on any atom is -0.469 e. The molecule has 0 aromatic heterocycles. The molecule has 37 heavy (non-hydrogen) atoms. The van der Waals surface area contributed by atoms with Crippen LogP contribution in [0.1, 0.15) is 37.7 Å². The van der Waals surface area contributed by atoms with Gasteiger partial charge in [0, 0.05) is 51.7 Å². The largest absolute Gasteiger partial charge is 0.469 e. The number of nitrogens with zero attached hydrogens (tertiary/aromatic N) is 3. The second-order valence-corrected chi connectivity index (χ2v) is 10.5. The zero-order valence-corrected chi connectivity index (χ0v) is 22.0. The van der Waals surface area contributed by atoms with Crippen molar-refractivity contribution in [3.63, 3.8) is 0 Å². The average molecular weight is 531 g/mol. The van der Waals surface area contributed by atoms with Crippen molar-refractivity contribution in [2.24, 2.45) is 11.8 Å². The highest BCUT2D eigenvalue weighted by molar-refractivity contribution is 7.80. The maximum absolute atomic E-state index is 13.1. The summed E-state index contributed by atoms with van der Waals surface area (Å²) >= 11 is 5.46. The van der Waals surface area contributed by atoms with Crippen LogP contribution in [0, 0.1) is 11.8 Å². The van der Waals surface area contributed by atoms with Crippen molar-refractivity contribution in [1.82, 2.24) is 20.0 Å². The first kappa shape index (κ1) is 25.7. The van der Waals surface area contributed by atoms with Gasteiger partial charge in [0.2, 0.25) is 18.6 Å². The van der Waals surface area contributed by atoms with E-state index in [1.165, 1.54) is 12.7 Å². The monoisotopic (exact) mass is 530 g/mol. The lowest BCUT2D eigenvalue weighted by Gasteiger charge is -2.43. The summed E-state index contributed by atoms with van der Waals surface area (Å²) in [4.78, 5) is 43.7. The minimum atomic E-state index is -0.228. The summed E-state index contributed by atoms with van der Waals surface area (Å²) in [6, 6.07) is 5.89. The second kappa shape index (κ2) is 11.2. The van der Waals surface area contributed by atoms with E-state index in [0.29, 0.717) is 56.9 Å². The predicted molar refractivity (Wildman–Crippen MR) is 138 cm³/mol. The van der Waals surface area contributed by atoms with Crippen LogP contribution in [-0.2, 0) is 25.7 Å². The Balaban J connectivity index is 1.04. The first-order valence-electron chi connectivity index (χ1n) is 13.0. The lowest BCUT2D eigenvalue weighted by molar-refractivity contribution is -0.149. The summed E-state index contributed by atoms with van der Waals surface area (Å²) in [5.74, 6) is 1.07. The number of benzene rings is 1. The van der Waals surface area contributed by atoms with Crippen LogP contribution >= 0.6 is 12.2 Å². The van der Waals surface area contributed by atoms with Gasteiger partial charge in [0.1, 0.15) is 0 Å². The maximum Gasteiger partial charge on any atom is 0.308 e. The molecule has 11 heteroatoms. The molecule has 10 nitrogen and oxygen atoms in total. The number of rotatable bonds is 7. The third kappa shape index (κ3) is 5.67. The number of carbonyl (C=O) groups is 3. The SMILES string of the molecule is COC(=O)C1CCC2C(=O)N(CCCC(=O)N3CCN(Cc4ccc5c(c4)OCO5)CC3)C(=S)NC2C1. The maximum atomic E-state index is 13.1. The van der Waals surface area contributed by atoms with Crippen LogP contribution < -0.4 is 14.8 Å². The van der Waals surface area contributed by atoms with Crippen LogP contribution in [0.5, 0.6) is 11.5 Å². The van der Waals surface area contributed by atoms with Gasteiger partial charge in [0.05, 0.1) is 18.9 Å². The summed E-state index contributed by atoms with van der Waals surface area (Å²) in [5.41, 5.74) is 1.17. The summed E-state index contributed by atoms with van der Waals surface area (Å²) in [7, 11) is 1.39. The third-order valence-electron chi connectivity index (χ3n) is 7.86. The number of thiocarbonyl (C=S) groups is 1. The van der Waals surface area contributed by atoms with Crippen molar-refractivity contribution in [1.29, 1.82) is 0 Å². The number of hydrogen-bond donors (Lipinski definition) is 1. The molecular weight excluding hydrogens is 496 g/mol. The van der Waals surface area contributed by atoms with E-state index in [0.717, 1.165) is 31.1 Å². The van der Waals surface area contributed by atoms with Crippen molar-refractivity contribution in [3.8, 4) is 11.5 Å². The lowest BCUT2D eigenvalue weighted by atomic mass is 9.76. The van der Waals surface area contributed by atoms with E-state index in [1.807, 2.05) is 17.0 Å². The highest BCUT2D eigenvalue weighted by atomic mass is 32.1. The van der Waals surface area contributed by atoms with Crippen molar-refractivity contribution in [2.45, 2.75) is 44.7 Å². The number of amides is 2. The van der Waals surface area contributed by atoms with E-state index in [2.05, 4.69) is 16.3 Å². The number of hydrogen-bond acceptors (Lipinski definition) is 8. The Labute approximate surface area is 222 Å². The van der Waals surface area contributed by atoms with E-state index < -0.39 is 0 Å². The molecule has 1 N–H and O–H groups in total. The fourth-order valence-corrected chi connectivity index (χ4v) is 6.09. The number of methoxy groups -OCH3 is 1. The Bertz CT molecular complexity index is 1060. The van der Waals surface area contributed by atoms with Crippen LogP contribution in [0.15, 0.2) is 18.2 Å². The van der Waals surface area contributed by atoms with Crippen LogP contribution in [0.4, 0.5) is 0 Å². The molecule has 3 atom stereocenters. The van der Waals surface area contributed by atoms with Crippen molar-refractivity contribution in [2.75, 3.05) is 46.6 Å². The quantitative estimate of drug-likeness (QED) is 0.415. The molecule has 3 aliphatic heterocycles. The van der Waals surface area contributed by atoms with Crippen molar-refractivity contribution >= 4 is 35.1 Å². The molecule has 0 bridgehead atoms. The second-order valence-electron chi connectivity index (χ2n) is 10.1. The van der Waals surface area contributed by atoms with E-state index in [-0.39, 0.29) is 42.5 Å². The Hall–Kier alpha value is -2.92. The first-order valence-corrected chi connectivity index (χ1v) is 13.4. The van der Waals surface area contributed by atoms with Crippen molar-refractivity contribution in [3.05, 3.63) is 23.8 Å². The number of esters is 1. The molecule has 3 fully saturated rings. The molecule has 1 aromatic rings. The fraction of sp³-hybridized carbons (Fsp3) is 0.615. The molecular formula is C26H34N4O6S. The van der Waals surface area contributed by atoms with E-state index >= 15 is 0 Å². The summed E-state index contributed by atoms with van der Waals surface area (Å²) in [5, 5.41) is 3.65. The Kier molecular flexibility index (Phi) is 7.80. The van der Waals surface area contributed by atoms with Gasteiger partial charge in [-0.25, -0.2) is 0 Å². The van der Waals surface area contributed by atoms with Gasteiger partial charge < -0.3 is 24.4 Å². The van der Waals surface area contributed by atoms with Crippen LogP contribution in [0.3, 0.4) is 0 Å². The van der Waals surface area contributed by atoms with Crippen LogP contribution in [0.2, 0.25) is 0 Å². The topological polar surface area (TPSA) is 101 Å². The minimum absolute atomic E-state index is 0.00152. The number of ether oxygens (including phenoxy) is 3. The van der Waals surface area contributed by atoms with Gasteiger partial charge >= 0.3 is 5.97 Å². The molecule has 0 radical (unpaired) electrons. The molecule has 200 valence electrons. The van der Waals surface area contributed by atoms with Gasteiger partial charge in [-0.2, -0.15) is 0 Å². The summed E-state index contributed by atoms with van der Waals surface area (Å²) in [6.07, 6.45) is 2.76. The molecule has 3 unspecified atom stereocenters. The van der Waals surface area contributed by atoms with E-state index in [4.69, 9.17) is 26.4 Å². The van der Waals surface area contributed by atoms with Gasteiger partial charge in [-0.3, -0.25) is 24.2 Å². The highest BCUT2D eigenvalue weighted by Gasteiger charge is 2.44. The molecule has 5 rings (SSSR count). The lowest BCUT2D eigenvalue weighted by Crippen LogP contribution is -2.61. The molecule has 2 saturated heterocycles. The smallest absolute Gasteiger partial charge is 0.308 e. The molecule has 0 spiro atoms.